The number of rotatable bonds is 5. The monoisotopic (exact) mass is 291 g/mol. The number of carbonyl (C=O) groups excluding carboxylic acids is 1. The van der Waals surface area contributed by atoms with Crippen molar-refractivity contribution < 1.29 is 4.79 Å². The van der Waals surface area contributed by atoms with E-state index in [1.807, 2.05) is 6.92 Å². The van der Waals surface area contributed by atoms with Crippen LogP contribution in [0.3, 0.4) is 0 Å². The quantitative estimate of drug-likeness (QED) is 0.875. The van der Waals surface area contributed by atoms with Crippen LogP contribution in [-0.2, 0) is 11.3 Å². The number of aromatic nitrogens is 1. The summed E-state index contributed by atoms with van der Waals surface area (Å²) >= 11 is 1.65. The first-order valence-electron chi connectivity index (χ1n) is 5.88. The molecule has 1 aromatic heterocycles. The molecule has 6 heteroatoms. The summed E-state index contributed by atoms with van der Waals surface area (Å²) in [4.78, 5) is 17.2. The standard InChI is InChI=1S/C12H21N3OS.ClH/c1-7(2)12-9(4)17-11(15-12)6-14-10(16)5-8(3)13;/h7-8H,5-6,13H2,1-4H3,(H,14,16);1H. The average molecular weight is 292 g/mol. The highest BCUT2D eigenvalue weighted by Crippen LogP contribution is 2.23. The lowest BCUT2D eigenvalue weighted by Gasteiger charge is -2.05. The highest BCUT2D eigenvalue weighted by atomic mass is 35.5. The van der Waals surface area contributed by atoms with Crippen molar-refractivity contribution in [1.82, 2.24) is 10.3 Å². The summed E-state index contributed by atoms with van der Waals surface area (Å²) in [6.45, 7) is 8.65. The molecule has 0 aromatic carbocycles. The summed E-state index contributed by atoms with van der Waals surface area (Å²) in [6, 6.07) is -0.0979. The van der Waals surface area contributed by atoms with Crippen LogP contribution >= 0.6 is 23.7 Å². The molecular formula is C12H22ClN3OS. The lowest BCUT2D eigenvalue weighted by atomic mass is 10.1. The van der Waals surface area contributed by atoms with Gasteiger partial charge in [0.15, 0.2) is 0 Å². The summed E-state index contributed by atoms with van der Waals surface area (Å²) in [5.41, 5.74) is 6.69. The first-order valence-corrected chi connectivity index (χ1v) is 6.70. The predicted octanol–water partition coefficient (Wildman–Crippen LogP) is 2.35. The Bertz CT molecular complexity index is 391. The van der Waals surface area contributed by atoms with Crippen molar-refractivity contribution >= 4 is 29.7 Å². The Hall–Kier alpha value is -0.650. The second-order valence-electron chi connectivity index (χ2n) is 4.66. The van der Waals surface area contributed by atoms with Crippen LogP contribution in [0.2, 0.25) is 0 Å². The molecule has 0 bridgehead atoms. The van der Waals surface area contributed by atoms with Crippen molar-refractivity contribution in [1.29, 1.82) is 0 Å². The maximum absolute atomic E-state index is 11.4. The number of halogens is 1. The topological polar surface area (TPSA) is 68.0 Å². The van der Waals surface area contributed by atoms with Gasteiger partial charge < -0.3 is 11.1 Å². The van der Waals surface area contributed by atoms with Gasteiger partial charge in [-0.15, -0.1) is 23.7 Å². The van der Waals surface area contributed by atoms with Crippen molar-refractivity contribution in [3.05, 3.63) is 15.6 Å². The smallest absolute Gasteiger partial charge is 0.221 e. The summed E-state index contributed by atoms with van der Waals surface area (Å²) in [5, 5.41) is 3.80. The molecule has 3 N–H and O–H groups in total. The van der Waals surface area contributed by atoms with Gasteiger partial charge in [0.05, 0.1) is 12.2 Å². The summed E-state index contributed by atoms with van der Waals surface area (Å²) in [7, 11) is 0. The number of thiazole rings is 1. The molecule has 0 aliphatic carbocycles. The SMILES string of the molecule is Cc1sc(CNC(=O)CC(C)N)nc1C(C)C.Cl. The van der Waals surface area contributed by atoms with Crippen molar-refractivity contribution in [3.8, 4) is 0 Å². The van der Waals surface area contributed by atoms with Gasteiger partial charge in [-0.3, -0.25) is 4.79 Å². The van der Waals surface area contributed by atoms with Crippen LogP contribution in [0.5, 0.6) is 0 Å². The van der Waals surface area contributed by atoms with Gasteiger partial charge in [-0.2, -0.15) is 0 Å². The highest BCUT2D eigenvalue weighted by molar-refractivity contribution is 7.11. The molecule has 0 saturated carbocycles. The highest BCUT2D eigenvalue weighted by Gasteiger charge is 2.11. The molecule has 1 atom stereocenters. The van der Waals surface area contributed by atoms with Crippen LogP contribution in [0.1, 0.15) is 48.7 Å². The molecule has 0 saturated heterocycles. The molecule has 18 heavy (non-hydrogen) atoms. The Morgan fingerprint density at radius 1 is 1.44 bits per heavy atom. The van der Waals surface area contributed by atoms with E-state index in [2.05, 4.69) is 31.1 Å². The minimum absolute atomic E-state index is 0. The van der Waals surface area contributed by atoms with E-state index in [-0.39, 0.29) is 24.4 Å². The molecular weight excluding hydrogens is 270 g/mol. The van der Waals surface area contributed by atoms with Gasteiger partial charge in [-0.1, -0.05) is 13.8 Å². The van der Waals surface area contributed by atoms with Gasteiger partial charge in [0, 0.05) is 17.3 Å². The normalized spacial score (nSPS) is 12.1. The van der Waals surface area contributed by atoms with Gasteiger partial charge in [-0.05, 0) is 19.8 Å². The third-order valence-corrected chi connectivity index (χ3v) is 3.35. The molecule has 0 fully saturated rings. The minimum atomic E-state index is -0.0979. The zero-order valence-electron chi connectivity index (χ0n) is 11.3. The lowest BCUT2D eigenvalue weighted by Crippen LogP contribution is -2.29. The Balaban J connectivity index is 0.00000289. The number of aryl methyl sites for hydroxylation is 1. The zero-order chi connectivity index (χ0) is 13.0. The molecule has 104 valence electrons. The van der Waals surface area contributed by atoms with Crippen LogP contribution in [0.4, 0.5) is 0 Å². The molecule has 0 aliphatic heterocycles. The molecule has 1 amide bonds. The fourth-order valence-corrected chi connectivity index (χ4v) is 2.64. The van der Waals surface area contributed by atoms with Crippen LogP contribution in [-0.4, -0.2) is 16.9 Å². The molecule has 0 spiro atoms. The Kier molecular flexibility index (Phi) is 7.43. The van der Waals surface area contributed by atoms with Gasteiger partial charge in [-0.25, -0.2) is 4.98 Å². The molecule has 1 unspecified atom stereocenters. The number of nitrogens with two attached hydrogens (primary N) is 1. The van der Waals surface area contributed by atoms with Gasteiger partial charge in [0.25, 0.3) is 0 Å². The van der Waals surface area contributed by atoms with Crippen LogP contribution in [0.15, 0.2) is 0 Å². The van der Waals surface area contributed by atoms with Crippen molar-refractivity contribution in [3.63, 3.8) is 0 Å². The summed E-state index contributed by atoms with van der Waals surface area (Å²) in [6.07, 6.45) is 0.362. The fourth-order valence-electron chi connectivity index (χ4n) is 1.61. The maximum atomic E-state index is 11.4. The zero-order valence-corrected chi connectivity index (χ0v) is 13.0. The van der Waals surface area contributed by atoms with Crippen LogP contribution < -0.4 is 11.1 Å². The van der Waals surface area contributed by atoms with Crippen LogP contribution in [0.25, 0.3) is 0 Å². The van der Waals surface area contributed by atoms with Gasteiger partial charge in [0.1, 0.15) is 5.01 Å². The van der Waals surface area contributed by atoms with Gasteiger partial charge in [0.2, 0.25) is 5.91 Å². The van der Waals surface area contributed by atoms with Crippen molar-refractivity contribution in [2.75, 3.05) is 0 Å². The lowest BCUT2D eigenvalue weighted by molar-refractivity contribution is -0.121. The third-order valence-electron chi connectivity index (χ3n) is 2.37. The first kappa shape index (κ1) is 17.4. The van der Waals surface area contributed by atoms with E-state index < -0.39 is 0 Å². The van der Waals surface area contributed by atoms with E-state index in [1.54, 1.807) is 11.3 Å². The summed E-state index contributed by atoms with van der Waals surface area (Å²) < 4.78 is 0. The number of hydrogen-bond donors (Lipinski definition) is 2. The largest absolute Gasteiger partial charge is 0.350 e. The number of hydrogen-bond acceptors (Lipinski definition) is 4. The molecule has 1 rings (SSSR count). The molecule has 4 nitrogen and oxygen atoms in total. The fraction of sp³-hybridized carbons (Fsp3) is 0.667. The van der Waals surface area contributed by atoms with Gasteiger partial charge >= 0.3 is 0 Å². The number of nitrogens with one attached hydrogen (secondary N) is 1. The Morgan fingerprint density at radius 2 is 2.06 bits per heavy atom. The molecule has 0 aliphatic rings. The second-order valence-corrected chi connectivity index (χ2v) is 5.95. The Morgan fingerprint density at radius 3 is 2.50 bits per heavy atom. The predicted molar refractivity (Wildman–Crippen MR) is 78.3 cm³/mol. The van der Waals surface area contributed by atoms with Crippen molar-refractivity contribution in [2.24, 2.45) is 5.73 Å². The average Bonchev–Trinajstić information content (AvgIpc) is 2.56. The number of amides is 1. The van der Waals surface area contributed by atoms with Crippen LogP contribution in [0, 0.1) is 6.92 Å². The number of nitrogens with zero attached hydrogens (tertiary/aromatic N) is 1. The second kappa shape index (κ2) is 7.71. The maximum Gasteiger partial charge on any atom is 0.221 e. The number of carbonyl (C=O) groups is 1. The van der Waals surface area contributed by atoms with E-state index in [1.165, 1.54) is 4.88 Å². The Labute approximate surface area is 119 Å². The molecule has 1 aromatic rings. The summed E-state index contributed by atoms with van der Waals surface area (Å²) in [5.74, 6) is 0.415. The third kappa shape index (κ3) is 5.33. The molecule has 0 radical (unpaired) electrons. The van der Waals surface area contributed by atoms with E-state index in [0.29, 0.717) is 18.9 Å². The van der Waals surface area contributed by atoms with E-state index in [4.69, 9.17) is 5.73 Å². The van der Waals surface area contributed by atoms with E-state index in [9.17, 15) is 4.79 Å². The first-order chi connectivity index (χ1) is 7.90. The van der Waals surface area contributed by atoms with E-state index in [0.717, 1.165) is 10.7 Å². The van der Waals surface area contributed by atoms with Crippen molar-refractivity contribution in [2.45, 2.75) is 52.6 Å². The minimum Gasteiger partial charge on any atom is -0.350 e. The molecule has 1 heterocycles. The van der Waals surface area contributed by atoms with E-state index >= 15 is 0 Å².